The molecule has 1 aromatic rings. The molecule has 1 heterocycles. The van der Waals surface area contributed by atoms with E-state index >= 15 is 0 Å². The third-order valence-electron chi connectivity index (χ3n) is 2.42. The van der Waals surface area contributed by atoms with Crippen molar-refractivity contribution < 1.29 is 0 Å². The van der Waals surface area contributed by atoms with E-state index in [1.165, 1.54) is 6.42 Å². The number of aromatic nitrogens is 2. The topological polar surface area (TPSA) is 43.8 Å². The highest BCUT2D eigenvalue weighted by Gasteiger charge is 2.36. The van der Waals surface area contributed by atoms with Gasteiger partial charge in [-0.1, -0.05) is 6.92 Å². The molecule has 3 heteroatoms. The number of nitrogens with zero attached hydrogens (tertiary/aromatic N) is 2. The maximum absolute atomic E-state index is 5.65. The zero-order chi connectivity index (χ0) is 8.01. The summed E-state index contributed by atoms with van der Waals surface area (Å²) in [5.41, 5.74) is 6.82. The third-order valence-corrected chi connectivity index (χ3v) is 2.42. The summed E-state index contributed by atoms with van der Waals surface area (Å²) in [7, 11) is 1.88. The Balaban J connectivity index is 2.26. The van der Waals surface area contributed by atoms with Gasteiger partial charge in [0.2, 0.25) is 0 Å². The molecule has 2 N–H and O–H groups in total. The summed E-state index contributed by atoms with van der Waals surface area (Å²) in [5, 5.41) is 4.31. The van der Waals surface area contributed by atoms with E-state index in [1.54, 1.807) is 4.68 Å². The van der Waals surface area contributed by atoms with Gasteiger partial charge in [-0.15, -0.1) is 0 Å². The van der Waals surface area contributed by atoms with Gasteiger partial charge in [-0.2, -0.15) is 5.10 Å². The molecule has 0 radical (unpaired) electrons. The standard InChI is InChI=1S/C8H13N3/c1-5-3-6(5)7-4-8(9)11(2)10-7/h4-6H,3,9H2,1-2H3. The van der Waals surface area contributed by atoms with Crippen LogP contribution >= 0.6 is 0 Å². The van der Waals surface area contributed by atoms with Crippen LogP contribution in [0.3, 0.4) is 0 Å². The summed E-state index contributed by atoms with van der Waals surface area (Å²) >= 11 is 0. The van der Waals surface area contributed by atoms with Crippen LogP contribution in [-0.2, 0) is 7.05 Å². The van der Waals surface area contributed by atoms with Crippen LogP contribution in [0.5, 0.6) is 0 Å². The zero-order valence-corrected chi connectivity index (χ0v) is 6.91. The summed E-state index contributed by atoms with van der Waals surface area (Å²) < 4.78 is 1.74. The largest absolute Gasteiger partial charge is 0.384 e. The fraction of sp³-hybridized carbons (Fsp3) is 0.625. The number of hydrogen-bond acceptors (Lipinski definition) is 2. The number of nitrogens with two attached hydrogens (primary N) is 1. The molecule has 60 valence electrons. The lowest BCUT2D eigenvalue weighted by Crippen LogP contribution is -1.96. The Hall–Kier alpha value is -0.990. The van der Waals surface area contributed by atoms with E-state index in [1.807, 2.05) is 13.1 Å². The van der Waals surface area contributed by atoms with Crippen molar-refractivity contribution in [2.75, 3.05) is 5.73 Å². The van der Waals surface area contributed by atoms with Crippen molar-refractivity contribution in [1.82, 2.24) is 9.78 Å². The second-order valence-electron chi connectivity index (χ2n) is 3.44. The number of hydrogen-bond donors (Lipinski definition) is 1. The summed E-state index contributed by atoms with van der Waals surface area (Å²) in [6.07, 6.45) is 1.27. The lowest BCUT2D eigenvalue weighted by atomic mass is 10.2. The summed E-state index contributed by atoms with van der Waals surface area (Å²) in [4.78, 5) is 0. The number of nitrogen functional groups attached to an aromatic ring is 1. The maximum Gasteiger partial charge on any atom is 0.121 e. The van der Waals surface area contributed by atoms with Crippen LogP contribution in [-0.4, -0.2) is 9.78 Å². The van der Waals surface area contributed by atoms with Gasteiger partial charge in [0.1, 0.15) is 5.82 Å². The molecule has 0 bridgehead atoms. The first-order chi connectivity index (χ1) is 5.18. The minimum absolute atomic E-state index is 0.679. The van der Waals surface area contributed by atoms with Crippen molar-refractivity contribution in [2.45, 2.75) is 19.3 Å². The zero-order valence-electron chi connectivity index (χ0n) is 6.91. The highest BCUT2D eigenvalue weighted by Crippen LogP contribution is 2.46. The van der Waals surface area contributed by atoms with E-state index in [0.29, 0.717) is 5.92 Å². The first kappa shape index (κ1) is 6.70. The van der Waals surface area contributed by atoms with Gasteiger partial charge in [-0.25, -0.2) is 0 Å². The highest BCUT2D eigenvalue weighted by molar-refractivity contribution is 5.33. The van der Waals surface area contributed by atoms with Crippen LogP contribution < -0.4 is 5.73 Å². The van der Waals surface area contributed by atoms with E-state index in [2.05, 4.69) is 12.0 Å². The Labute approximate surface area is 66.2 Å². The van der Waals surface area contributed by atoms with Crippen molar-refractivity contribution >= 4 is 5.82 Å². The lowest BCUT2D eigenvalue weighted by molar-refractivity contribution is 0.743. The average Bonchev–Trinajstić information content (AvgIpc) is 2.56. The third kappa shape index (κ3) is 1.00. The molecule has 0 aromatic carbocycles. The van der Waals surface area contributed by atoms with Crippen LogP contribution in [0.1, 0.15) is 25.0 Å². The molecule has 2 atom stereocenters. The molecule has 1 fully saturated rings. The molecule has 2 unspecified atom stereocenters. The number of rotatable bonds is 1. The molecular weight excluding hydrogens is 138 g/mol. The molecule has 0 saturated heterocycles. The summed E-state index contributed by atoms with van der Waals surface area (Å²) in [6.45, 7) is 2.25. The molecular formula is C8H13N3. The molecule has 1 aliphatic rings. The fourth-order valence-electron chi connectivity index (χ4n) is 1.42. The predicted molar refractivity (Wildman–Crippen MR) is 44.1 cm³/mol. The number of anilines is 1. The van der Waals surface area contributed by atoms with Gasteiger partial charge in [-0.3, -0.25) is 4.68 Å². The quantitative estimate of drug-likeness (QED) is 0.653. The van der Waals surface area contributed by atoms with Gasteiger partial charge in [0.05, 0.1) is 5.69 Å². The monoisotopic (exact) mass is 151 g/mol. The highest BCUT2D eigenvalue weighted by atomic mass is 15.3. The Morgan fingerprint density at radius 2 is 2.36 bits per heavy atom. The van der Waals surface area contributed by atoms with Crippen LogP contribution in [0, 0.1) is 5.92 Å². The Morgan fingerprint density at radius 1 is 1.73 bits per heavy atom. The van der Waals surface area contributed by atoms with Crippen molar-refractivity contribution in [2.24, 2.45) is 13.0 Å². The molecule has 1 aromatic heterocycles. The smallest absolute Gasteiger partial charge is 0.121 e. The van der Waals surface area contributed by atoms with Crippen molar-refractivity contribution in [1.29, 1.82) is 0 Å². The first-order valence-electron chi connectivity index (χ1n) is 3.98. The summed E-state index contributed by atoms with van der Waals surface area (Å²) in [5.74, 6) is 2.25. The Morgan fingerprint density at radius 3 is 2.73 bits per heavy atom. The molecule has 2 rings (SSSR count). The van der Waals surface area contributed by atoms with Gasteiger partial charge in [-0.05, 0) is 12.3 Å². The van der Waals surface area contributed by atoms with Crippen LogP contribution in [0.2, 0.25) is 0 Å². The average molecular weight is 151 g/mol. The molecule has 1 aliphatic carbocycles. The van der Waals surface area contributed by atoms with Crippen molar-refractivity contribution in [3.05, 3.63) is 11.8 Å². The SMILES string of the molecule is CC1CC1c1cc(N)n(C)n1. The van der Waals surface area contributed by atoms with Crippen LogP contribution in [0.15, 0.2) is 6.07 Å². The van der Waals surface area contributed by atoms with E-state index in [-0.39, 0.29) is 0 Å². The predicted octanol–water partition coefficient (Wildman–Crippen LogP) is 1.13. The molecule has 0 spiro atoms. The van der Waals surface area contributed by atoms with Gasteiger partial charge >= 0.3 is 0 Å². The van der Waals surface area contributed by atoms with E-state index < -0.39 is 0 Å². The molecule has 11 heavy (non-hydrogen) atoms. The Kier molecular flexibility index (Phi) is 1.22. The van der Waals surface area contributed by atoms with Gasteiger partial charge in [0, 0.05) is 19.0 Å². The van der Waals surface area contributed by atoms with E-state index in [4.69, 9.17) is 5.73 Å². The first-order valence-corrected chi connectivity index (χ1v) is 3.98. The van der Waals surface area contributed by atoms with Gasteiger partial charge < -0.3 is 5.73 Å². The molecule has 0 amide bonds. The van der Waals surface area contributed by atoms with Crippen LogP contribution in [0.4, 0.5) is 5.82 Å². The second kappa shape index (κ2) is 2.00. The maximum atomic E-state index is 5.65. The van der Waals surface area contributed by atoms with Crippen LogP contribution in [0.25, 0.3) is 0 Å². The normalized spacial score (nSPS) is 28.9. The Bertz CT molecular complexity index is 257. The minimum atomic E-state index is 0.679. The molecule has 0 aliphatic heterocycles. The summed E-state index contributed by atoms with van der Waals surface area (Å²) in [6, 6.07) is 1.98. The number of aryl methyl sites for hydroxylation is 1. The fourth-order valence-corrected chi connectivity index (χ4v) is 1.42. The lowest BCUT2D eigenvalue weighted by Gasteiger charge is -1.89. The van der Waals surface area contributed by atoms with E-state index in [9.17, 15) is 0 Å². The minimum Gasteiger partial charge on any atom is -0.384 e. The van der Waals surface area contributed by atoms with Gasteiger partial charge in [0.15, 0.2) is 0 Å². The van der Waals surface area contributed by atoms with Crippen molar-refractivity contribution in [3.8, 4) is 0 Å². The molecule has 1 saturated carbocycles. The van der Waals surface area contributed by atoms with Gasteiger partial charge in [0.25, 0.3) is 0 Å². The van der Waals surface area contributed by atoms with E-state index in [0.717, 1.165) is 17.4 Å². The molecule has 3 nitrogen and oxygen atoms in total. The second-order valence-corrected chi connectivity index (χ2v) is 3.44. The van der Waals surface area contributed by atoms with Crippen molar-refractivity contribution in [3.63, 3.8) is 0 Å².